The molecule has 5 rings (SSSR count). The van der Waals surface area contributed by atoms with E-state index in [0.717, 1.165) is 58.3 Å². The first-order chi connectivity index (χ1) is 20.9. The Kier molecular flexibility index (Phi) is 10.6. The normalized spacial score (nSPS) is 23.7. The van der Waals surface area contributed by atoms with Crippen LogP contribution in [0, 0.1) is 11.8 Å². The Hall–Kier alpha value is -2.68. The van der Waals surface area contributed by atoms with E-state index in [1.54, 1.807) is 33.5 Å². The van der Waals surface area contributed by atoms with Crippen molar-refractivity contribution in [3.8, 4) is 17.2 Å². The second kappa shape index (κ2) is 14.4. The quantitative estimate of drug-likeness (QED) is 0.327. The van der Waals surface area contributed by atoms with Crippen LogP contribution in [-0.4, -0.2) is 98.9 Å². The molecule has 43 heavy (non-hydrogen) atoms. The molecule has 4 fully saturated rings. The lowest BCUT2D eigenvalue weighted by Gasteiger charge is -2.52. The molecular weight excluding hydrogens is 546 g/mol. The van der Waals surface area contributed by atoms with Crippen molar-refractivity contribution < 1.29 is 28.5 Å². The number of hydrogen-bond acceptors (Lipinski definition) is 7. The van der Waals surface area contributed by atoms with Crippen LogP contribution < -0.4 is 14.2 Å². The van der Waals surface area contributed by atoms with E-state index in [0.29, 0.717) is 53.8 Å². The number of likely N-dealkylation sites (tertiary alicyclic amines) is 2. The Morgan fingerprint density at radius 2 is 1.58 bits per heavy atom. The standard InChI is InChI=1S/C34H53N3O6/c1-5-6-12-26-24-37(23-25-10-8-7-9-11-25)33(39)43-34(26)15-19-35(20-16-34)27-13-17-36(18-14-27)32(38)31-29(41-3)21-28(40-2)22-30(31)42-4/h21-22,25-27H,5-20,23-24H2,1-4H3. The van der Waals surface area contributed by atoms with Crippen molar-refractivity contribution >= 4 is 12.0 Å². The fourth-order valence-corrected chi connectivity index (χ4v) is 8.05. The lowest BCUT2D eigenvalue weighted by molar-refractivity contribution is -0.127. The molecule has 3 saturated heterocycles. The van der Waals surface area contributed by atoms with E-state index >= 15 is 0 Å². The van der Waals surface area contributed by atoms with Crippen molar-refractivity contribution in [1.82, 2.24) is 14.7 Å². The number of unbranched alkanes of at least 4 members (excludes halogenated alkanes) is 1. The van der Waals surface area contributed by atoms with E-state index in [1.807, 2.05) is 9.80 Å². The number of piperidine rings is 2. The molecule has 9 nitrogen and oxygen atoms in total. The van der Waals surface area contributed by atoms with E-state index < -0.39 is 0 Å². The maximum atomic E-state index is 13.6. The molecule has 3 aliphatic heterocycles. The molecule has 1 aliphatic carbocycles. The molecule has 1 atom stereocenters. The largest absolute Gasteiger partial charge is 0.496 e. The van der Waals surface area contributed by atoms with Crippen LogP contribution in [0.15, 0.2) is 12.1 Å². The number of methoxy groups -OCH3 is 3. The summed E-state index contributed by atoms with van der Waals surface area (Å²) in [5, 5.41) is 0. The van der Waals surface area contributed by atoms with Crippen molar-refractivity contribution in [2.24, 2.45) is 11.8 Å². The third-order valence-corrected chi connectivity index (χ3v) is 10.7. The molecule has 1 spiro atoms. The Morgan fingerprint density at radius 1 is 0.930 bits per heavy atom. The molecule has 4 aliphatic rings. The monoisotopic (exact) mass is 599 g/mol. The van der Waals surface area contributed by atoms with Gasteiger partial charge in [0.05, 0.1) is 21.3 Å². The molecule has 0 radical (unpaired) electrons. The van der Waals surface area contributed by atoms with Crippen LogP contribution >= 0.6 is 0 Å². The van der Waals surface area contributed by atoms with Crippen molar-refractivity contribution in [3.05, 3.63) is 17.7 Å². The minimum absolute atomic E-state index is 0.0712. The summed E-state index contributed by atoms with van der Waals surface area (Å²) in [5.41, 5.74) is 0.114. The van der Waals surface area contributed by atoms with E-state index in [-0.39, 0.29) is 17.6 Å². The summed E-state index contributed by atoms with van der Waals surface area (Å²) < 4.78 is 22.9. The van der Waals surface area contributed by atoms with Crippen LogP contribution in [0.25, 0.3) is 0 Å². The molecule has 1 unspecified atom stereocenters. The van der Waals surface area contributed by atoms with Gasteiger partial charge in [-0.3, -0.25) is 9.69 Å². The van der Waals surface area contributed by atoms with Crippen molar-refractivity contribution in [3.63, 3.8) is 0 Å². The summed E-state index contributed by atoms with van der Waals surface area (Å²) in [6, 6.07) is 3.89. The third-order valence-electron chi connectivity index (χ3n) is 10.7. The van der Waals surface area contributed by atoms with Crippen LogP contribution in [0.4, 0.5) is 4.79 Å². The maximum Gasteiger partial charge on any atom is 0.410 e. The van der Waals surface area contributed by atoms with Crippen LogP contribution in [0.5, 0.6) is 17.2 Å². The summed E-state index contributed by atoms with van der Waals surface area (Å²) in [6.45, 7) is 7.24. The highest BCUT2D eigenvalue weighted by Crippen LogP contribution is 2.42. The number of carbonyl (C=O) groups is 2. The van der Waals surface area contributed by atoms with Crippen molar-refractivity contribution in [1.29, 1.82) is 0 Å². The van der Waals surface area contributed by atoms with Gasteiger partial charge in [0.2, 0.25) is 0 Å². The van der Waals surface area contributed by atoms with E-state index in [2.05, 4.69) is 11.8 Å². The Balaban J connectivity index is 1.18. The Labute approximate surface area is 258 Å². The Bertz CT molecular complexity index is 1060. The van der Waals surface area contributed by atoms with E-state index in [1.165, 1.54) is 44.9 Å². The second-order valence-electron chi connectivity index (χ2n) is 13.1. The van der Waals surface area contributed by atoms with Gasteiger partial charge in [0.15, 0.2) is 0 Å². The molecule has 1 saturated carbocycles. The molecule has 2 amide bonds. The SMILES string of the molecule is CCCCC1CN(CC2CCCCC2)C(=O)OC12CCN(C1CCN(C(=O)c3c(OC)cc(OC)cc3OC)CC1)CC2. The summed E-state index contributed by atoms with van der Waals surface area (Å²) in [7, 11) is 4.70. The van der Waals surface area contributed by atoms with Gasteiger partial charge in [0, 0.05) is 76.2 Å². The number of rotatable bonds is 10. The first-order valence-corrected chi connectivity index (χ1v) is 16.7. The summed E-state index contributed by atoms with van der Waals surface area (Å²) >= 11 is 0. The van der Waals surface area contributed by atoms with Crippen LogP contribution in [0.3, 0.4) is 0 Å². The van der Waals surface area contributed by atoms with Gasteiger partial charge in [-0.05, 0) is 38.0 Å². The number of carbonyl (C=O) groups excluding carboxylic acids is 2. The molecule has 240 valence electrons. The van der Waals surface area contributed by atoms with Crippen LogP contribution in [0.1, 0.15) is 94.3 Å². The molecule has 0 aromatic heterocycles. The maximum absolute atomic E-state index is 13.6. The highest BCUT2D eigenvalue weighted by molar-refractivity contribution is 6.00. The number of nitrogens with zero attached hydrogens (tertiary/aromatic N) is 3. The topological polar surface area (TPSA) is 80.8 Å². The molecule has 9 heteroatoms. The Morgan fingerprint density at radius 3 is 2.16 bits per heavy atom. The smallest absolute Gasteiger partial charge is 0.410 e. The first kappa shape index (κ1) is 31.7. The number of hydrogen-bond donors (Lipinski definition) is 0. The molecule has 3 heterocycles. The lowest BCUT2D eigenvalue weighted by atomic mass is 9.75. The van der Waals surface area contributed by atoms with Crippen LogP contribution in [-0.2, 0) is 4.74 Å². The van der Waals surface area contributed by atoms with Crippen molar-refractivity contribution in [2.75, 3.05) is 60.6 Å². The van der Waals surface area contributed by atoms with E-state index in [9.17, 15) is 9.59 Å². The van der Waals surface area contributed by atoms with Crippen molar-refractivity contribution in [2.45, 2.75) is 95.6 Å². The number of ether oxygens (including phenoxy) is 4. The average molecular weight is 600 g/mol. The van der Waals surface area contributed by atoms with Gasteiger partial charge in [0.1, 0.15) is 28.4 Å². The first-order valence-electron chi connectivity index (χ1n) is 16.7. The summed E-state index contributed by atoms with van der Waals surface area (Å²) in [6.07, 6.45) is 13.5. The lowest BCUT2D eigenvalue weighted by Crippen LogP contribution is -2.61. The highest BCUT2D eigenvalue weighted by atomic mass is 16.6. The third kappa shape index (κ3) is 7.02. The van der Waals surface area contributed by atoms with Gasteiger partial charge in [0.25, 0.3) is 5.91 Å². The van der Waals surface area contributed by atoms with Crippen LogP contribution in [0.2, 0.25) is 0 Å². The van der Waals surface area contributed by atoms with Gasteiger partial charge in [-0.2, -0.15) is 0 Å². The predicted molar refractivity (Wildman–Crippen MR) is 166 cm³/mol. The zero-order valence-electron chi connectivity index (χ0n) is 26.9. The average Bonchev–Trinajstić information content (AvgIpc) is 3.05. The van der Waals surface area contributed by atoms with Gasteiger partial charge in [-0.1, -0.05) is 39.0 Å². The molecular formula is C34H53N3O6. The fraction of sp³-hybridized carbons (Fsp3) is 0.765. The van der Waals surface area contributed by atoms with Gasteiger partial charge >= 0.3 is 6.09 Å². The van der Waals surface area contributed by atoms with Gasteiger partial charge < -0.3 is 28.7 Å². The highest BCUT2D eigenvalue weighted by Gasteiger charge is 2.50. The summed E-state index contributed by atoms with van der Waals surface area (Å²) in [5.74, 6) is 2.48. The summed E-state index contributed by atoms with van der Waals surface area (Å²) in [4.78, 5) is 33.5. The zero-order chi connectivity index (χ0) is 30.4. The minimum Gasteiger partial charge on any atom is -0.496 e. The number of benzene rings is 1. The number of amides is 2. The van der Waals surface area contributed by atoms with Gasteiger partial charge in [-0.15, -0.1) is 0 Å². The fourth-order valence-electron chi connectivity index (χ4n) is 8.05. The molecule has 0 bridgehead atoms. The van der Waals surface area contributed by atoms with E-state index in [4.69, 9.17) is 18.9 Å². The molecule has 1 aromatic rings. The zero-order valence-corrected chi connectivity index (χ0v) is 26.9. The molecule has 0 N–H and O–H groups in total. The molecule has 1 aromatic carbocycles. The predicted octanol–water partition coefficient (Wildman–Crippen LogP) is 5.99. The van der Waals surface area contributed by atoms with Gasteiger partial charge in [-0.25, -0.2) is 4.79 Å². The second-order valence-corrected chi connectivity index (χ2v) is 13.1. The minimum atomic E-state index is -0.329.